The van der Waals surface area contributed by atoms with Crippen LogP contribution in [-0.2, 0) is 15.1 Å². The summed E-state index contributed by atoms with van der Waals surface area (Å²) in [6.45, 7) is -0.0469. The molecule has 7 nitrogen and oxygen atoms in total. The second kappa shape index (κ2) is 8.06. The zero-order chi connectivity index (χ0) is 23.1. The molecule has 0 radical (unpaired) electrons. The molecule has 2 unspecified atom stereocenters. The highest BCUT2D eigenvalue weighted by Gasteiger charge is 2.62. The van der Waals surface area contributed by atoms with Crippen LogP contribution in [0.3, 0.4) is 0 Å². The summed E-state index contributed by atoms with van der Waals surface area (Å²) in [6, 6.07) is 8.48. The van der Waals surface area contributed by atoms with Gasteiger partial charge in [0.25, 0.3) is 11.5 Å². The van der Waals surface area contributed by atoms with Crippen LogP contribution in [0.25, 0.3) is 0 Å². The van der Waals surface area contributed by atoms with Gasteiger partial charge in [-0.25, -0.2) is 9.18 Å². The molecule has 0 bridgehead atoms. The lowest BCUT2D eigenvalue weighted by Crippen LogP contribution is -2.56. The first-order valence-electron chi connectivity index (χ1n) is 9.67. The minimum absolute atomic E-state index is 0.0426. The second-order valence-corrected chi connectivity index (χ2v) is 7.54. The summed E-state index contributed by atoms with van der Waals surface area (Å²) in [5, 5.41) is 4.44. The van der Waals surface area contributed by atoms with E-state index in [0.29, 0.717) is 18.7 Å². The molecule has 2 heterocycles. The van der Waals surface area contributed by atoms with Gasteiger partial charge in [-0.05, 0) is 49.0 Å². The number of nitrogens with one attached hydrogen (secondary N) is 2. The first-order chi connectivity index (χ1) is 15.1. The van der Waals surface area contributed by atoms with Gasteiger partial charge < -0.3 is 14.8 Å². The van der Waals surface area contributed by atoms with Gasteiger partial charge in [0.1, 0.15) is 12.0 Å². The predicted molar refractivity (Wildman–Crippen MR) is 104 cm³/mol. The number of benzene rings is 2. The van der Waals surface area contributed by atoms with Gasteiger partial charge in [0, 0.05) is 17.7 Å². The van der Waals surface area contributed by atoms with Gasteiger partial charge in [0.2, 0.25) is 0 Å². The molecule has 1 fully saturated rings. The van der Waals surface area contributed by atoms with Gasteiger partial charge in [-0.15, -0.1) is 0 Å². The van der Waals surface area contributed by atoms with E-state index in [2.05, 4.69) is 10.6 Å². The molecular weight excluding hydrogens is 434 g/mol. The highest BCUT2D eigenvalue weighted by molar-refractivity contribution is 5.94. The average Bonchev–Trinajstić information content (AvgIpc) is 3.17. The van der Waals surface area contributed by atoms with E-state index in [1.54, 1.807) is 13.1 Å². The molecule has 2 aromatic rings. The third kappa shape index (κ3) is 3.89. The molecule has 32 heavy (non-hydrogen) atoms. The normalized spacial score (nSPS) is 23.3. The molecule has 4 rings (SSSR count). The van der Waals surface area contributed by atoms with E-state index >= 15 is 0 Å². The second-order valence-electron chi connectivity index (χ2n) is 7.54. The van der Waals surface area contributed by atoms with Crippen molar-refractivity contribution in [3.8, 4) is 0 Å². The fraction of sp³-hybridized carbons (Fsp3) is 0.333. The Morgan fingerprint density at radius 3 is 2.59 bits per heavy atom. The molecule has 2 amide bonds. The third-order valence-corrected chi connectivity index (χ3v) is 5.45. The van der Waals surface area contributed by atoms with Crippen LogP contribution in [0, 0.1) is 5.82 Å². The zero-order valence-electron chi connectivity index (χ0n) is 16.8. The first-order valence-corrected chi connectivity index (χ1v) is 9.67. The summed E-state index contributed by atoms with van der Waals surface area (Å²) in [4.78, 5) is 26.2. The van der Waals surface area contributed by atoms with E-state index in [0.717, 1.165) is 24.3 Å². The maximum Gasteiger partial charge on any atom is 0.434 e. The summed E-state index contributed by atoms with van der Waals surface area (Å²) < 4.78 is 66.7. The third-order valence-electron chi connectivity index (χ3n) is 5.45. The highest BCUT2D eigenvalue weighted by atomic mass is 19.4. The minimum atomic E-state index is -5.06. The van der Waals surface area contributed by atoms with Crippen LogP contribution in [0.2, 0.25) is 0 Å². The number of anilines is 1. The van der Waals surface area contributed by atoms with Crippen LogP contribution in [0.1, 0.15) is 27.7 Å². The fourth-order valence-corrected chi connectivity index (χ4v) is 3.76. The Hall–Kier alpha value is -3.18. The number of carbonyl (C=O) groups is 2. The average molecular weight is 453 g/mol. The van der Waals surface area contributed by atoms with Crippen molar-refractivity contribution < 1.29 is 36.6 Å². The Labute approximate surface area is 180 Å². The SMILES string of the molecule is CN1CCOC1c1ccc2c(c1)C(CNC(=O)c1ccc(F)cc1)(C(F)(F)F)OC(=O)N2. The largest absolute Gasteiger partial charge is 0.434 e. The molecule has 11 heteroatoms. The summed E-state index contributed by atoms with van der Waals surface area (Å²) in [6.07, 6.45) is -6.91. The number of amides is 2. The van der Waals surface area contributed by atoms with E-state index in [1.807, 2.05) is 4.90 Å². The standard InChI is InChI=1S/C21H19F4N3O4/c1-28-8-9-31-18(28)13-4-7-16-15(10-13)20(21(23,24)25,32-19(30)27-16)11-26-17(29)12-2-5-14(22)6-3-12/h2-7,10,18H,8-9,11H2,1H3,(H,26,29)(H,27,30). The molecule has 0 aromatic heterocycles. The van der Waals surface area contributed by atoms with Crippen molar-refractivity contribution in [2.24, 2.45) is 0 Å². The quantitative estimate of drug-likeness (QED) is 0.693. The Bertz CT molecular complexity index is 1040. The van der Waals surface area contributed by atoms with Crippen LogP contribution >= 0.6 is 0 Å². The smallest absolute Gasteiger partial charge is 0.426 e. The van der Waals surface area contributed by atoms with Crippen LogP contribution < -0.4 is 10.6 Å². The molecule has 2 N–H and O–H groups in total. The number of nitrogens with zero attached hydrogens (tertiary/aromatic N) is 1. The molecule has 2 aliphatic rings. The van der Waals surface area contributed by atoms with Gasteiger partial charge in [-0.3, -0.25) is 15.0 Å². The van der Waals surface area contributed by atoms with Crippen molar-refractivity contribution in [1.29, 1.82) is 0 Å². The van der Waals surface area contributed by atoms with Crippen molar-refractivity contribution >= 4 is 17.7 Å². The molecule has 2 atom stereocenters. The summed E-state index contributed by atoms with van der Waals surface area (Å²) >= 11 is 0. The van der Waals surface area contributed by atoms with Crippen molar-refractivity contribution in [2.75, 3.05) is 32.1 Å². The number of hydrogen-bond donors (Lipinski definition) is 2. The number of hydrogen-bond acceptors (Lipinski definition) is 5. The number of fused-ring (bicyclic) bond motifs is 1. The molecule has 170 valence electrons. The fourth-order valence-electron chi connectivity index (χ4n) is 3.76. The van der Waals surface area contributed by atoms with Crippen molar-refractivity contribution in [3.63, 3.8) is 0 Å². The number of cyclic esters (lactones) is 1. The van der Waals surface area contributed by atoms with E-state index in [-0.39, 0.29) is 16.8 Å². The number of halogens is 4. The lowest BCUT2D eigenvalue weighted by molar-refractivity contribution is -0.261. The van der Waals surface area contributed by atoms with Gasteiger partial charge in [0.05, 0.1) is 18.8 Å². The van der Waals surface area contributed by atoms with Crippen molar-refractivity contribution in [3.05, 3.63) is 65.0 Å². The Morgan fingerprint density at radius 1 is 1.25 bits per heavy atom. The van der Waals surface area contributed by atoms with E-state index < -0.39 is 42.4 Å². The molecule has 0 aliphatic carbocycles. The monoisotopic (exact) mass is 453 g/mol. The number of ether oxygens (including phenoxy) is 2. The number of alkyl halides is 3. The van der Waals surface area contributed by atoms with Gasteiger partial charge in [0.15, 0.2) is 0 Å². The van der Waals surface area contributed by atoms with Gasteiger partial charge in [-0.2, -0.15) is 13.2 Å². The molecular formula is C21H19F4N3O4. The van der Waals surface area contributed by atoms with Crippen LogP contribution in [0.5, 0.6) is 0 Å². The molecule has 1 saturated heterocycles. The summed E-state index contributed by atoms with van der Waals surface area (Å²) in [5.41, 5.74) is -3.17. The molecule has 2 aromatic carbocycles. The summed E-state index contributed by atoms with van der Waals surface area (Å²) in [7, 11) is 1.77. The minimum Gasteiger partial charge on any atom is -0.426 e. The van der Waals surface area contributed by atoms with Crippen LogP contribution in [-0.4, -0.2) is 49.8 Å². The number of likely N-dealkylation sites (N-methyl/N-ethyl adjacent to an activating group) is 1. The lowest BCUT2D eigenvalue weighted by Gasteiger charge is -2.40. The van der Waals surface area contributed by atoms with Crippen molar-refractivity contribution in [2.45, 2.75) is 18.0 Å². The topological polar surface area (TPSA) is 79.9 Å². The van der Waals surface area contributed by atoms with Gasteiger partial charge in [-0.1, -0.05) is 6.07 Å². The number of rotatable bonds is 4. The van der Waals surface area contributed by atoms with E-state index in [4.69, 9.17) is 9.47 Å². The number of carbonyl (C=O) groups excluding carboxylic acids is 2. The lowest BCUT2D eigenvalue weighted by atomic mass is 9.88. The zero-order valence-corrected chi connectivity index (χ0v) is 16.8. The summed E-state index contributed by atoms with van der Waals surface area (Å²) in [5.74, 6) is -1.47. The predicted octanol–water partition coefficient (Wildman–Crippen LogP) is 3.54. The Morgan fingerprint density at radius 2 is 1.97 bits per heavy atom. The molecule has 2 aliphatic heterocycles. The Kier molecular flexibility index (Phi) is 5.55. The van der Waals surface area contributed by atoms with Gasteiger partial charge >= 0.3 is 12.3 Å². The molecule has 0 spiro atoms. The van der Waals surface area contributed by atoms with Crippen molar-refractivity contribution in [1.82, 2.24) is 10.2 Å². The Balaban J connectivity index is 1.72. The first kappa shape index (κ1) is 22.0. The van der Waals surface area contributed by atoms with E-state index in [1.165, 1.54) is 12.1 Å². The maximum absolute atomic E-state index is 14.4. The maximum atomic E-state index is 14.4. The van der Waals surface area contributed by atoms with Crippen LogP contribution in [0.15, 0.2) is 42.5 Å². The highest BCUT2D eigenvalue weighted by Crippen LogP contribution is 2.48. The van der Waals surface area contributed by atoms with E-state index in [9.17, 15) is 27.2 Å². The molecule has 0 saturated carbocycles. The van der Waals surface area contributed by atoms with Crippen LogP contribution in [0.4, 0.5) is 28.0 Å².